The van der Waals surface area contributed by atoms with E-state index in [1.807, 2.05) is 56.3 Å². The predicted octanol–water partition coefficient (Wildman–Crippen LogP) is 16.3. The molecule has 0 aliphatic heterocycles. The smallest absolute Gasteiger partial charge is 0.140 e. The van der Waals surface area contributed by atoms with Crippen LogP contribution in [-0.4, -0.2) is 0 Å². The minimum Gasteiger partial charge on any atom is -0.206 e. The zero-order valence-electron chi connectivity index (χ0n) is 40.9. The van der Waals surface area contributed by atoms with Gasteiger partial charge in [-0.1, -0.05) is 182 Å². The first kappa shape index (κ1) is 51.4. The van der Waals surface area contributed by atoms with Crippen molar-refractivity contribution in [3.63, 3.8) is 0 Å². The van der Waals surface area contributed by atoms with Gasteiger partial charge in [-0.3, -0.25) is 0 Å². The summed E-state index contributed by atoms with van der Waals surface area (Å²) in [4.78, 5) is 0. The molecular weight excluding hydrogens is 819 g/mol. The van der Waals surface area contributed by atoms with E-state index in [9.17, 15) is 8.78 Å². The van der Waals surface area contributed by atoms with Crippen molar-refractivity contribution in [3.05, 3.63) is 211 Å². The molecule has 0 bridgehead atoms. The predicted molar refractivity (Wildman–Crippen MR) is 280 cm³/mol. The Balaban J connectivity index is 0.000000251. The molecule has 342 valence electrons. The van der Waals surface area contributed by atoms with Crippen LogP contribution in [0.2, 0.25) is 0 Å². The van der Waals surface area contributed by atoms with Crippen LogP contribution in [0.15, 0.2) is 121 Å². The van der Waals surface area contributed by atoms with Crippen molar-refractivity contribution in [2.75, 3.05) is 0 Å². The highest BCUT2D eigenvalue weighted by Gasteiger charge is 2.08. The molecule has 0 amide bonds. The summed E-state index contributed by atoms with van der Waals surface area (Å²) in [5, 5.41) is 0. The molecule has 0 aliphatic rings. The van der Waals surface area contributed by atoms with Gasteiger partial charge in [0.1, 0.15) is 11.6 Å². The van der Waals surface area contributed by atoms with Gasteiger partial charge in [-0.25, -0.2) is 8.78 Å². The van der Waals surface area contributed by atoms with E-state index in [2.05, 4.69) is 136 Å². The molecule has 0 aromatic heterocycles. The molecule has 0 heterocycles. The Morgan fingerprint density at radius 3 is 1.18 bits per heavy atom. The molecule has 0 unspecified atom stereocenters. The Hall–Kier alpha value is -6.58. The molecule has 0 spiro atoms. The molecule has 0 aliphatic carbocycles. The van der Waals surface area contributed by atoms with Crippen LogP contribution in [0.4, 0.5) is 8.78 Å². The maximum atomic E-state index is 14.9. The summed E-state index contributed by atoms with van der Waals surface area (Å²) < 4.78 is 29.6. The highest BCUT2D eigenvalue weighted by Crippen LogP contribution is 2.19. The number of rotatable bonds is 15. The summed E-state index contributed by atoms with van der Waals surface area (Å²) in [6.45, 7) is 12.8. The van der Waals surface area contributed by atoms with Gasteiger partial charge in [-0.15, -0.1) is 0 Å². The molecule has 0 N–H and O–H groups in total. The van der Waals surface area contributed by atoms with Crippen molar-refractivity contribution >= 4 is 0 Å². The standard InChI is InChI=1S/C33H35F.C32H33F/c1-4-7-8-9-11-27-14-18-28(19-15-27)20-21-30-24-31(6-3)32(33(34)25-30)23-22-29-16-12-26(10-5-2)13-17-29;1-4-6-7-8-10-27-13-17-29(18-14-27)20-22-31-23-25(3)30(24-32(31)33)21-19-28-15-11-26(9-5-2)12-16-28/h12-19,24-25H,4-11H2,1-3H3;11-18,23-24H,4-10H2,1-3H3. The first-order chi connectivity index (χ1) is 32.7. The van der Waals surface area contributed by atoms with Crippen LogP contribution < -0.4 is 0 Å². The fourth-order valence-corrected chi connectivity index (χ4v) is 7.73. The summed E-state index contributed by atoms with van der Waals surface area (Å²) in [5.41, 5.74) is 13.1. The molecule has 0 radical (unpaired) electrons. The highest BCUT2D eigenvalue weighted by molar-refractivity contribution is 5.54. The van der Waals surface area contributed by atoms with Gasteiger partial charge in [0.2, 0.25) is 0 Å². The van der Waals surface area contributed by atoms with E-state index in [1.165, 1.54) is 85.8 Å². The second-order valence-corrected chi connectivity index (χ2v) is 17.4. The number of benzene rings is 6. The van der Waals surface area contributed by atoms with Gasteiger partial charge in [0, 0.05) is 33.4 Å². The highest BCUT2D eigenvalue weighted by atomic mass is 19.1. The minimum atomic E-state index is -0.330. The first-order valence-electron chi connectivity index (χ1n) is 24.8. The number of hydrogen-bond donors (Lipinski definition) is 0. The van der Waals surface area contributed by atoms with Crippen LogP contribution in [0, 0.1) is 65.9 Å². The normalized spacial score (nSPS) is 10.2. The molecular formula is C65H68F2. The van der Waals surface area contributed by atoms with Crippen LogP contribution in [0.1, 0.15) is 177 Å². The monoisotopic (exact) mass is 887 g/mol. The maximum absolute atomic E-state index is 14.9. The minimum absolute atomic E-state index is 0.304. The Labute approximate surface area is 403 Å². The van der Waals surface area contributed by atoms with E-state index >= 15 is 0 Å². The topological polar surface area (TPSA) is 0 Å². The molecule has 6 aromatic carbocycles. The third-order valence-electron chi connectivity index (χ3n) is 11.8. The van der Waals surface area contributed by atoms with Crippen LogP contribution in [-0.2, 0) is 32.1 Å². The third-order valence-corrected chi connectivity index (χ3v) is 11.8. The molecule has 0 nitrogen and oxygen atoms in total. The second kappa shape index (κ2) is 28.5. The van der Waals surface area contributed by atoms with Crippen molar-refractivity contribution in [2.24, 2.45) is 0 Å². The lowest BCUT2D eigenvalue weighted by molar-refractivity contribution is 0.621. The lowest BCUT2D eigenvalue weighted by Crippen LogP contribution is -1.95. The molecule has 0 saturated heterocycles. The molecule has 67 heavy (non-hydrogen) atoms. The van der Waals surface area contributed by atoms with Crippen LogP contribution in [0.3, 0.4) is 0 Å². The molecule has 6 rings (SSSR count). The number of aryl methyl sites for hydroxylation is 6. The van der Waals surface area contributed by atoms with Gasteiger partial charge >= 0.3 is 0 Å². The van der Waals surface area contributed by atoms with Crippen LogP contribution >= 0.6 is 0 Å². The van der Waals surface area contributed by atoms with Crippen molar-refractivity contribution < 1.29 is 8.78 Å². The van der Waals surface area contributed by atoms with Gasteiger partial charge in [-0.05, 0) is 158 Å². The Morgan fingerprint density at radius 2 is 0.746 bits per heavy atom. The number of hydrogen-bond acceptors (Lipinski definition) is 0. The van der Waals surface area contributed by atoms with E-state index < -0.39 is 0 Å². The van der Waals surface area contributed by atoms with Gasteiger partial charge in [-0.2, -0.15) is 0 Å². The van der Waals surface area contributed by atoms with Crippen molar-refractivity contribution in [3.8, 4) is 47.4 Å². The Kier molecular flexibility index (Phi) is 21.8. The van der Waals surface area contributed by atoms with E-state index in [4.69, 9.17) is 0 Å². The van der Waals surface area contributed by atoms with Crippen molar-refractivity contribution in [1.82, 2.24) is 0 Å². The summed E-state index contributed by atoms with van der Waals surface area (Å²) in [7, 11) is 0. The fourth-order valence-electron chi connectivity index (χ4n) is 7.73. The summed E-state index contributed by atoms with van der Waals surface area (Å²) >= 11 is 0. The van der Waals surface area contributed by atoms with E-state index in [0.717, 1.165) is 71.9 Å². The Bertz CT molecular complexity index is 2720. The van der Waals surface area contributed by atoms with E-state index in [0.29, 0.717) is 28.7 Å². The summed E-state index contributed by atoms with van der Waals surface area (Å²) in [6, 6.07) is 40.0. The quantitative estimate of drug-likeness (QED) is 0.0712. The van der Waals surface area contributed by atoms with Gasteiger partial charge in [0.05, 0.1) is 11.1 Å². The molecule has 2 heteroatoms. The van der Waals surface area contributed by atoms with E-state index in [1.54, 1.807) is 6.07 Å². The molecule has 0 fully saturated rings. The van der Waals surface area contributed by atoms with Crippen LogP contribution in [0.25, 0.3) is 0 Å². The van der Waals surface area contributed by atoms with E-state index in [-0.39, 0.29) is 11.6 Å². The summed E-state index contributed by atoms with van der Waals surface area (Å²) in [5.74, 6) is 24.2. The zero-order chi connectivity index (χ0) is 47.6. The maximum Gasteiger partial charge on any atom is 0.140 e. The summed E-state index contributed by atoms with van der Waals surface area (Å²) in [6.07, 6.45) is 17.4. The first-order valence-corrected chi connectivity index (χ1v) is 24.8. The lowest BCUT2D eigenvalue weighted by atomic mass is 10.0. The number of halogens is 2. The SMILES string of the molecule is CCCCCCc1ccc(C#Cc2cc(C)c(C#Cc3ccc(CCC)cc3)cc2F)cc1.CCCCCCc1ccc(C#Cc2cc(F)c(C#Cc3ccc(CCC)cc3)c(CC)c2)cc1. The van der Waals surface area contributed by atoms with Crippen molar-refractivity contribution in [1.29, 1.82) is 0 Å². The van der Waals surface area contributed by atoms with Gasteiger partial charge in [0.25, 0.3) is 0 Å². The molecule has 0 saturated carbocycles. The molecule has 0 atom stereocenters. The van der Waals surface area contributed by atoms with Gasteiger partial charge in [0.15, 0.2) is 0 Å². The zero-order valence-corrected chi connectivity index (χ0v) is 40.9. The average molecular weight is 887 g/mol. The number of unbranched alkanes of at least 4 members (excludes halogenated alkanes) is 6. The van der Waals surface area contributed by atoms with Crippen molar-refractivity contribution in [2.45, 2.75) is 138 Å². The molecule has 6 aromatic rings. The fraction of sp³-hybridized carbons (Fsp3) is 0.323. The Morgan fingerprint density at radius 1 is 0.343 bits per heavy atom. The van der Waals surface area contributed by atoms with Crippen LogP contribution in [0.5, 0.6) is 0 Å². The lowest BCUT2D eigenvalue weighted by Gasteiger charge is -2.05. The average Bonchev–Trinajstić information content (AvgIpc) is 3.35. The second-order valence-electron chi connectivity index (χ2n) is 17.4. The third kappa shape index (κ3) is 17.6. The van der Waals surface area contributed by atoms with Gasteiger partial charge < -0.3 is 0 Å². The largest absolute Gasteiger partial charge is 0.206 e.